The van der Waals surface area contributed by atoms with Crippen LogP contribution < -0.4 is 11.0 Å². The van der Waals surface area contributed by atoms with E-state index in [1.165, 1.54) is 24.6 Å². The number of benzene rings is 2. The fourth-order valence-electron chi connectivity index (χ4n) is 5.49. The molecule has 0 atom stereocenters. The minimum atomic E-state index is -1.05. The van der Waals surface area contributed by atoms with Crippen LogP contribution in [0.4, 0.5) is 0 Å². The van der Waals surface area contributed by atoms with Crippen molar-refractivity contribution in [3.63, 3.8) is 0 Å². The molecule has 36 heavy (non-hydrogen) atoms. The van der Waals surface area contributed by atoms with Crippen LogP contribution >= 0.6 is 0 Å². The van der Waals surface area contributed by atoms with E-state index in [0.29, 0.717) is 38.6 Å². The average molecular weight is 488 g/mol. The van der Waals surface area contributed by atoms with Gasteiger partial charge in [-0.05, 0) is 42.7 Å². The number of fused-ring (bicyclic) bond motifs is 4. The van der Waals surface area contributed by atoms with E-state index >= 15 is 0 Å². The van der Waals surface area contributed by atoms with Gasteiger partial charge in [-0.25, -0.2) is 4.79 Å². The van der Waals surface area contributed by atoms with Crippen LogP contribution in [0.3, 0.4) is 0 Å². The van der Waals surface area contributed by atoms with Gasteiger partial charge in [-0.2, -0.15) is 0 Å². The summed E-state index contributed by atoms with van der Waals surface area (Å²) in [6.45, 7) is 0. The van der Waals surface area contributed by atoms with E-state index in [9.17, 15) is 24.6 Å². The first-order chi connectivity index (χ1) is 17.4. The number of aromatic amines is 2. The molecule has 0 bridgehead atoms. The Kier molecular flexibility index (Phi) is 5.21. The van der Waals surface area contributed by atoms with Crippen molar-refractivity contribution in [1.82, 2.24) is 14.8 Å². The summed E-state index contributed by atoms with van der Waals surface area (Å²) in [5.74, 6) is -1.55. The number of hydrogen-bond acceptors (Lipinski definition) is 5. The summed E-state index contributed by atoms with van der Waals surface area (Å²) in [6.07, 6.45) is 7.60. The Hall–Kier alpha value is -4.27. The van der Waals surface area contributed by atoms with Crippen molar-refractivity contribution < 1.29 is 19.4 Å². The fourth-order valence-corrected chi connectivity index (χ4v) is 5.49. The van der Waals surface area contributed by atoms with Gasteiger partial charge < -0.3 is 19.6 Å². The number of H-pyrrole nitrogens is 2. The molecule has 4 N–H and O–H groups in total. The standard InChI is InChI=1S/C27H25N3O6/c31-18-13-12-17-21-24(36-23(17)22(18)32)19(14-8-10-15(11-9-14)27(34)35)20-25(28-21)30(29-26(20)33)16-6-4-2-1-3-5-7-16/h8-13,16,28,32H,1-7H2,(H,29,33)(H,34,35). The number of phenols is 1. The zero-order chi connectivity index (χ0) is 25.0. The van der Waals surface area contributed by atoms with Crippen molar-refractivity contribution in [3.8, 4) is 16.9 Å². The molecule has 1 fully saturated rings. The highest BCUT2D eigenvalue weighted by Gasteiger charge is 2.26. The van der Waals surface area contributed by atoms with Crippen molar-refractivity contribution in [2.75, 3.05) is 0 Å². The Bertz CT molecular complexity index is 1740. The lowest BCUT2D eigenvalue weighted by atomic mass is 9.96. The van der Waals surface area contributed by atoms with Crippen LogP contribution in [-0.4, -0.2) is 30.9 Å². The molecular formula is C27H25N3O6. The van der Waals surface area contributed by atoms with Crippen LogP contribution in [0.15, 0.2) is 50.4 Å². The number of carboxylic acids is 1. The van der Waals surface area contributed by atoms with Crippen LogP contribution in [0.25, 0.3) is 44.2 Å². The molecule has 184 valence electrons. The van der Waals surface area contributed by atoms with Crippen molar-refractivity contribution in [3.05, 3.63) is 62.5 Å². The van der Waals surface area contributed by atoms with Crippen LogP contribution in [0, 0.1) is 0 Å². The monoisotopic (exact) mass is 487 g/mol. The average Bonchev–Trinajstić information content (AvgIpc) is 3.38. The van der Waals surface area contributed by atoms with E-state index in [-0.39, 0.29) is 22.7 Å². The van der Waals surface area contributed by atoms with Crippen molar-refractivity contribution >= 4 is 39.1 Å². The Labute approximate surface area is 204 Å². The molecule has 1 aliphatic carbocycles. The minimum Gasteiger partial charge on any atom is -0.502 e. The van der Waals surface area contributed by atoms with E-state index in [1.54, 1.807) is 18.2 Å². The summed E-state index contributed by atoms with van der Waals surface area (Å²) in [5, 5.41) is 23.7. The molecule has 3 aromatic heterocycles. The van der Waals surface area contributed by atoms with Gasteiger partial charge in [0.25, 0.3) is 5.56 Å². The molecule has 1 aliphatic rings. The molecular weight excluding hydrogens is 462 g/mol. The van der Waals surface area contributed by atoms with Gasteiger partial charge in [-0.15, -0.1) is 0 Å². The maximum Gasteiger partial charge on any atom is 0.335 e. The molecule has 6 rings (SSSR count). The molecule has 0 spiro atoms. The van der Waals surface area contributed by atoms with Gasteiger partial charge in [0.2, 0.25) is 11.2 Å². The zero-order valence-corrected chi connectivity index (χ0v) is 19.5. The predicted molar refractivity (Wildman–Crippen MR) is 136 cm³/mol. The number of phenolic OH excluding ortho intramolecular Hbond substituents is 1. The summed E-state index contributed by atoms with van der Waals surface area (Å²) in [4.78, 5) is 40.3. The van der Waals surface area contributed by atoms with Gasteiger partial charge in [0, 0.05) is 10.9 Å². The summed E-state index contributed by atoms with van der Waals surface area (Å²) < 4.78 is 7.94. The number of aromatic hydroxyl groups is 1. The van der Waals surface area contributed by atoms with E-state index < -0.39 is 17.1 Å². The number of hydrogen-bond donors (Lipinski definition) is 4. The number of nitrogens with zero attached hydrogens (tertiary/aromatic N) is 1. The molecule has 0 saturated heterocycles. The number of carboxylic acid groups (broad SMARTS) is 1. The maximum absolute atomic E-state index is 13.4. The van der Waals surface area contributed by atoms with E-state index in [2.05, 4.69) is 10.1 Å². The van der Waals surface area contributed by atoms with Crippen LogP contribution in [0.5, 0.6) is 5.75 Å². The Balaban J connectivity index is 1.70. The highest BCUT2D eigenvalue weighted by atomic mass is 16.4. The molecule has 0 unspecified atom stereocenters. The predicted octanol–water partition coefficient (Wildman–Crippen LogP) is 5.27. The Morgan fingerprint density at radius 1 is 0.944 bits per heavy atom. The van der Waals surface area contributed by atoms with Crippen LogP contribution in [0.2, 0.25) is 0 Å². The SMILES string of the molecule is O=C(O)c1ccc(-c2c3oc4c(O)c(=O)ccc4c3[nH]c3c2c(=O)[nH]n3C2CCCCCCC2)cc1. The molecule has 3 heterocycles. The summed E-state index contributed by atoms with van der Waals surface area (Å²) in [5.41, 5.74) is 1.82. The number of rotatable bonds is 3. The lowest BCUT2D eigenvalue weighted by Gasteiger charge is -2.21. The van der Waals surface area contributed by atoms with Gasteiger partial charge >= 0.3 is 5.97 Å². The second-order valence-corrected chi connectivity index (χ2v) is 9.51. The number of furan rings is 1. The second-order valence-electron chi connectivity index (χ2n) is 9.51. The van der Waals surface area contributed by atoms with Gasteiger partial charge in [-0.3, -0.25) is 19.4 Å². The fraction of sp³-hybridized carbons (Fsp3) is 0.296. The van der Waals surface area contributed by atoms with E-state index in [4.69, 9.17) is 4.42 Å². The maximum atomic E-state index is 13.4. The van der Waals surface area contributed by atoms with Gasteiger partial charge in [0.15, 0.2) is 11.2 Å². The Morgan fingerprint density at radius 3 is 2.33 bits per heavy atom. The molecule has 5 aromatic rings. The molecule has 9 nitrogen and oxygen atoms in total. The first-order valence-corrected chi connectivity index (χ1v) is 12.2. The normalized spacial score (nSPS) is 15.4. The van der Waals surface area contributed by atoms with Gasteiger partial charge in [0.1, 0.15) is 5.65 Å². The first kappa shape index (κ1) is 22.2. The van der Waals surface area contributed by atoms with Crippen molar-refractivity contribution in [2.24, 2.45) is 0 Å². The van der Waals surface area contributed by atoms with Crippen molar-refractivity contribution in [1.29, 1.82) is 0 Å². The third-order valence-corrected chi connectivity index (χ3v) is 7.30. The molecule has 0 amide bonds. The van der Waals surface area contributed by atoms with Gasteiger partial charge in [-0.1, -0.05) is 44.2 Å². The van der Waals surface area contributed by atoms with Crippen LogP contribution in [0.1, 0.15) is 61.3 Å². The molecule has 9 heteroatoms. The number of nitrogens with one attached hydrogen (secondary N) is 2. The Morgan fingerprint density at radius 2 is 1.64 bits per heavy atom. The van der Waals surface area contributed by atoms with Gasteiger partial charge in [0.05, 0.1) is 22.5 Å². The summed E-state index contributed by atoms with van der Waals surface area (Å²) in [6, 6.07) is 9.21. The van der Waals surface area contributed by atoms with Crippen LogP contribution in [-0.2, 0) is 0 Å². The molecule has 0 aliphatic heterocycles. The number of aromatic carboxylic acids is 1. The zero-order valence-electron chi connectivity index (χ0n) is 19.5. The topological polar surface area (TPSA) is 141 Å². The lowest BCUT2D eigenvalue weighted by molar-refractivity contribution is 0.0697. The first-order valence-electron chi connectivity index (χ1n) is 12.2. The van der Waals surface area contributed by atoms with E-state index in [1.807, 2.05) is 4.68 Å². The third kappa shape index (κ3) is 3.42. The third-order valence-electron chi connectivity index (χ3n) is 7.30. The van der Waals surface area contributed by atoms with E-state index in [0.717, 1.165) is 38.5 Å². The molecule has 0 radical (unpaired) electrons. The number of aromatic nitrogens is 3. The highest BCUT2D eigenvalue weighted by Crippen LogP contribution is 2.40. The smallest absolute Gasteiger partial charge is 0.335 e. The van der Waals surface area contributed by atoms with Crippen molar-refractivity contribution in [2.45, 2.75) is 51.0 Å². The summed E-state index contributed by atoms with van der Waals surface area (Å²) in [7, 11) is 0. The second kappa shape index (κ2) is 8.44. The largest absolute Gasteiger partial charge is 0.502 e. The molecule has 1 saturated carbocycles. The molecule has 2 aromatic carbocycles. The quantitative estimate of drug-likeness (QED) is 0.273. The lowest BCUT2D eigenvalue weighted by Crippen LogP contribution is -2.15. The minimum absolute atomic E-state index is 0.0405. The highest BCUT2D eigenvalue weighted by molar-refractivity contribution is 6.15. The number of pyridine rings is 1. The summed E-state index contributed by atoms with van der Waals surface area (Å²) >= 11 is 0. The number of carbonyl (C=O) groups is 1.